The van der Waals surface area contributed by atoms with E-state index in [4.69, 9.17) is 0 Å². The summed E-state index contributed by atoms with van der Waals surface area (Å²) in [4.78, 5) is 0. The minimum absolute atomic E-state index is 0.519. The maximum Gasteiger partial charge on any atom is 0.466 e. The Balaban J connectivity index is 4.51. The molecule has 0 saturated heterocycles. The lowest BCUT2D eigenvalue weighted by molar-refractivity contribution is -0.254. The second-order valence-corrected chi connectivity index (χ2v) is 1.48. The van der Waals surface area contributed by atoms with E-state index in [-0.39, 0.29) is 0 Å². The maximum atomic E-state index is 11.5. The van der Waals surface area contributed by atoms with Crippen LogP contribution in [-0.2, 0) is 0 Å². The molecule has 0 atom stereocenters. The van der Waals surface area contributed by atoms with Crippen LogP contribution >= 0.6 is 11.6 Å². The van der Waals surface area contributed by atoms with Gasteiger partial charge in [0.2, 0.25) is 0 Å². The van der Waals surface area contributed by atoms with E-state index < -0.39 is 12.1 Å². The molecule has 0 aromatic carbocycles. The van der Waals surface area contributed by atoms with Crippen molar-refractivity contribution in [2.45, 2.75) is 12.1 Å². The molecule has 0 amide bonds. The SMILES string of the molecule is FC(F)(F)C(F)(F)C#CCl. The topological polar surface area (TPSA) is 0 Å². The smallest absolute Gasteiger partial charge is 0.181 e. The highest BCUT2D eigenvalue weighted by Gasteiger charge is 2.56. The molecule has 0 radical (unpaired) electrons. The Morgan fingerprint density at radius 1 is 1.00 bits per heavy atom. The summed E-state index contributed by atoms with van der Waals surface area (Å²) in [5, 5.41) is 0.967. The third-order valence-corrected chi connectivity index (χ3v) is 0.655. The zero-order valence-corrected chi connectivity index (χ0v) is 5.02. The first-order valence-corrected chi connectivity index (χ1v) is 2.26. The summed E-state index contributed by atoms with van der Waals surface area (Å²) in [5.41, 5.74) is 0. The van der Waals surface area contributed by atoms with Crippen LogP contribution in [0.5, 0.6) is 0 Å². The summed E-state index contributed by atoms with van der Waals surface area (Å²) in [6, 6.07) is 0. The molecular formula is C4ClF5. The minimum Gasteiger partial charge on any atom is -0.181 e. The van der Waals surface area contributed by atoms with Gasteiger partial charge in [-0.2, -0.15) is 22.0 Å². The predicted molar refractivity (Wildman–Crippen MR) is 24.6 cm³/mol. The fourth-order valence-electron chi connectivity index (χ4n) is 0.130. The lowest BCUT2D eigenvalue weighted by atomic mass is 10.3. The number of halogens is 6. The Morgan fingerprint density at radius 2 is 1.40 bits per heavy atom. The second kappa shape index (κ2) is 2.62. The van der Waals surface area contributed by atoms with Crippen LogP contribution in [0.2, 0.25) is 0 Å². The summed E-state index contributed by atoms with van der Waals surface area (Å²) in [6.45, 7) is 0. The van der Waals surface area contributed by atoms with Crippen LogP contribution in [0, 0.1) is 11.3 Å². The van der Waals surface area contributed by atoms with E-state index >= 15 is 0 Å². The van der Waals surface area contributed by atoms with Gasteiger partial charge in [0.25, 0.3) is 0 Å². The maximum absolute atomic E-state index is 11.5. The molecule has 0 aliphatic carbocycles. The van der Waals surface area contributed by atoms with Gasteiger partial charge in [0.05, 0.1) is 0 Å². The lowest BCUT2D eigenvalue weighted by Crippen LogP contribution is -2.34. The van der Waals surface area contributed by atoms with Crippen LogP contribution in [-0.4, -0.2) is 12.1 Å². The van der Waals surface area contributed by atoms with Gasteiger partial charge in [-0.3, -0.25) is 0 Å². The van der Waals surface area contributed by atoms with Crippen LogP contribution in [0.25, 0.3) is 0 Å². The first kappa shape index (κ1) is 9.50. The van der Waals surface area contributed by atoms with Crippen molar-refractivity contribution in [3.8, 4) is 11.3 Å². The number of hydrogen-bond donors (Lipinski definition) is 0. The van der Waals surface area contributed by atoms with Gasteiger partial charge in [0.15, 0.2) is 0 Å². The van der Waals surface area contributed by atoms with Crippen molar-refractivity contribution >= 4 is 11.6 Å². The van der Waals surface area contributed by atoms with Gasteiger partial charge in [-0.25, -0.2) is 0 Å². The van der Waals surface area contributed by atoms with E-state index in [1.54, 1.807) is 0 Å². The molecule has 10 heavy (non-hydrogen) atoms. The molecule has 0 spiro atoms. The zero-order chi connectivity index (χ0) is 8.41. The number of hydrogen-bond acceptors (Lipinski definition) is 0. The first-order chi connectivity index (χ1) is 4.31. The molecule has 58 valence electrons. The summed E-state index contributed by atoms with van der Waals surface area (Å²) in [5.74, 6) is -4.49. The molecule has 0 nitrogen and oxygen atoms in total. The molecular weight excluding hydrogens is 178 g/mol. The van der Waals surface area contributed by atoms with Crippen molar-refractivity contribution < 1.29 is 22.0 Å². The lowest BCUT2D eigenvalue weighted by Gasteiger charge is -2.11. The molecule has 0 unspecified atom stereocenters. The Bertz CT molecular complexity index is 170. The third-order valence-electron chi connectivity index (χ3n) is 0.560. The van der Waals surface area contributed by atoms with Gasteiger partial charge in [0, 0.05) is 5.38 Å². The molecule has 0 heterocycles. The predicted octanol–water partition coefficient (Wildman–Crippen LogP) is 2.38. The molecule has 0 aliphatic heterocycles. The van der Waals surface area contributed by atoms with Gasteiger partial charge in [0.1, 0.15) is 0 Å². The quantitative estimate of drug-likeness (QED) is 0.395. The van der Waals surface area contributed by atoms with Crippen LogP contribution in [0.3, 0.4) is 0 Å². The van der Waals surface area contributed by atoms with Crippen molar-refractivity contribution in [3.05, 3.63) is 0 Å². The highest BCUT2D eigenvalue weighted by Crippen LogP contribution is 2.34. The molecule has 6 heteroatoms. The highest BCUT2D eigenvalue weighted by molar-refractivity contribution is 6.30. The normalized spacial score (nSPS) is 12.2. The van der Waals surface area contributed by atoms with E-state index in [1.165, 1.54) is 0 Å². The first-order valence-electron chi connectivity index (χ1n) is 1.88. The van der Waals surface area contributed by atoms with Gasteiger partial charge < -0.3 is 0 Å². The Hall–Kier alpha value is -0.500. The van der Waals surface area contributed by atoms with Crippen molar-refractivity contribution in [1.29, 1.82) is 0 Å². The molecule has 0 aromatic rings. The number of rotatable bonds is 0. The van der Waals surface area contributed by atoms with Crippen molar-refractivity contribution in [2.24, 2.45) is 0 Å². The fraction of sp³-hybridized carbons (Fsp3) is 0.500. The van der Waals surface area contributed by atoms with E-state index in [0.717, 1.165) is 5.38 Å². The van der Waals surface area contributed by atoms with Gasteiger partial charge in [-0.05, 0) is 17.5 Å². The molecule has 0 aliphatic rings. The molecule has 0 bridgehead atoms. The standard InChI is InChI=1S/C4ClF5/c5-2-1-3(6,7)4(8,9)10. The fourth-order valence-corrected chi connectivity index (χ4v) is 0.249. The molecule has 0 rings (SSSR count). The van der Waals surface area contributed by atoms with E-state index in [9.17, 15) is 22.0 Å². The van der Waals surface area contributed by atoms with Gasteiger partial charge in [-0.15, -0.1) is 0 Å². The Morgan fingerprint density at radius 3 is 1.50 bits per heavy atom. The Kier molecular flexibility index (Phi) is 2.49. The van der Waals surface area contributed by atoms with E-state index in [2.05, 4.69) is 11.6 Å². The van der Waals surface area contributed by atoms with Crippen LogP contribution in [0.15, 0.2) is 0 Å². The zero-order valence-electron chi connectivity index (χ0n) is 4.27. The molecule has 0 N–H and O–H groups in total. The van der Waals surface area contributed by atoms with Crippen molar-refractivity contribution in [1.82, 2.24) is 0 Å². The average Bonchev–Trinajstić information content (AvgIpc) is 1.61. The second-order valence-electron chi connectivity index (χ2n) is 1.29. The summed E-state index contributed by atoms with van der Waals surface area (Å²) >= 11 is 4.35. The minimum atomic E-state index is -5.64. The molecule has 0 saturated carbocycles. The van der Waals surface area contributed by atoms with Gasteiger partial charge in [-0.1, -0.05) is 0 Å². The van der Waals surface area contributed by atoms with Crippen molar-refractivity contribution in [3.63, 3.8) is 0 Å². The van der Waals surface area contributed by atoms with E-state index in [1.807, 2.05) is 0 Å². The summed E-state index contributed by atoms with van der Waals surface area (Å²) in [6.07, 6.45) is -5.64. The van der Waals surface area contributed by atoms with Crippen molar-refractivity contribution in [2.75, 3.05) is 0 Å². The highest BCUT2D eigenvalue weighted by atomic mass is 35.5. The van der Waals surface area contributed by atoms with Crippen LogP contribution in [0.4, 0.5) is 22.0 Å². The summed E-state index contributed by atoms with van der Waals surface area (Å²) < 4.78 is 56.4. The monoisotopic (exact) mass is 178 g/mol. The largest absolute Gasteiger partial charge is 0.466 e. The van der Waals surface area contributed by atoms with Crippen LogP contribution < -0.4 is 0 Å². The molecule has 0 fully saturated rings. The van der Waals surface area contributed by atoms with E-state index in [0.29, 0.717) is 5.92 Å². The summed E-state index contributed by atoms with van der Waals surface area (Å²) in [7, 11) is 0. The molecule has 0 aromatic heterocycles. The van der Waals surface area contributed by atoms with Gasteiger partial charge >= 0.3 is 12.1 Å². The third kappa shape index (κ3) is 2.03. The Labute approximate surface area is 58.0 Å². The average molecular weight is 178 g/mol. The number of alkyl halides is 5. The van der Waals surface area contributed by atoms with Crippen LogP contribution in [0.1, 0.15) is 0 Å².